The molecule has 0 aliphatic heterocycles. The number of benzene rings is 1. The van der Waals surface area contributed by atoms with E-state index in [1.807, 2.05) is 12.4 Å². The fourth-order valence-corrected chi connectivity index (χ4v) is 2.29. The van der Waals surface area contributed by atoms with Crippen LogP contribution in [-0.2, 0) is 4.74 Å². The molecule has 0 aliphatic carbocycles. The minimum absolute atomic E-state index is 0.753. The van der Waals surface area contributed by atoms with Gasteiger partial charge in [-0.15, -0.1) is 0 Å². The lowest BCUT2D eigenvalue weighted by molar-refractivity contribution is 0.197. The van der Waals surface area contributed by atoms with Crippen molar-refractivity contribution in [3.8, 4) is 5.69 Å². The van der Waals surface area contributed by atoms with Gasteiger partial charge in [0.15, 0.2) is 0 Å². The first-order valence-electron chi connectivity index (χ1n) is 7.18. The Morgan fingerprint density at radius 1 is 1.33 bits per heavy atom. The fraction of sp³-hybridized carbons (Fsp3) is 0.438. The smallest absolute Gasteiger partial charge is 0.207 e. The van der Waals surface area contributed by atoms with Crippen molar-refractivity contribution in [3.63, 3.8) is 0 Å². The fourth-order valence-electron chi connectivity index (χ4n) is 2.29. The normalized spacial score (nSPS) is 10.7. The summed E-state index contributed by atoms with van der Waals surface area (Å²) in [7, 11) is 5.84. The Kier molecular flexibility index (Phi) is 5.22. The van der Waals surface area contributed by atoms with Crippen LogP contribution in [0.25, 0.3) is 5.69 Å². The van der Waals surface area contributed by atoms with E-state index in [1.54, 1.807) is 7.11 Å². The van der Waals surface area contributed by atoms with Crippen molar-refractivity contribution in [1.82, 2.24) is 9.55 Å². The summed E-state index contributed by atoms with van der Waals surface area (Å²) in [5.41, 5.74) is 3.58. The summed E-state index contributed by atoms with van der Waals surface area (Å²) in [6.07, 6.45) is 4.75. The van der Waals surface area contributed by atoms with E-state index in [9.17, 15) is 0 Å². The molecule has 1 aromatic carbocycles. The maximum atomic E-state index is 5.06. The lowest BCUT2D eigenvalue weighted by Crippen LogP contribution is -2.12. The molecule has 0 spiro atoms. The number of anilines is 2. The summed E-state index contributed by atoms with van der Waals surface area (Å²) in [4.78, 5) is 6.51. The van der Waals surface area contributed by atoms with E-state index in [4.69, 9.17) is 4.74 Å². The lowest BCUT2D eigenvalue weighted by Gasteiger charge is -2.18. The van der Waals surface area contributed by atoms with Crippen molar-refractivity contribution >= 4 is 11.6 Å². The van der Waals surface area contributed by atoms with Crippen LogP contribution in [0.3, 0.4) is 0 Å². The highest BCUT2D eigenvalue weighted by atomic mass is 16.5. The number of hydrogen-bond donors (Lipinski definition) is 1. The van der Waals surface area contributed by atoms with Crippen molar-refractivity contribution < 1.29 is 4.74 Å². The molecule has 0 saturated heterocycles. The minimum Gasteiger partial charge on any atom is -0.385 e. The average Bonchev–Trinajstić information content (AvgIpc) is 2.92. The molecule has 21 heavy (non-hydrogen) atoms. The van der Waals surface area contributed by atoms with Gasteiger partial charge in [0.05, 0.1) is 5.69 Å². The average molecular weight is 288 g/mol. The van der Waals surface area contributed by atoms with Crippen LogP contribution in [0, 0.1) is 6.92 Å². The number of rotatable bonds is 7. The molecular weight excluding hydrogens is 264 g/mol. The second kappa shape index (κ2) is 7.13. The predicted molar refractivity (Wildman–Crippen MR) is 87.6 cm³/mol. The van der Waals surface area contributed by atoms with Crippen molar-refractivity contribution in [1.29, 1.82) is 0 Å². The highest BCUT2D eigenvalue weighted by Gasteiger charge is 2.07. The van der Waals surface area contributed by atoms with Gasteiger partial charge in [-0.1, -0.05) is 6.07 Å². The largest absolute Gasteiger partial charge is 0.385 e. The molecule has 5 nitrogen and oxygen atoms in total. The molecule has 2 rings (SSSR count). The summed E-state index contributed by atoms with van der Waals surface area (Å²) in [6.45, 7) is 3.72. The van der Waals surface area contributed by atoms with Crippen LogP contribution in [-0.4, -0.2) is 43.9 Å². The standard InChI is InChI=1S/C16H24N4O/c1-13-6-7-14(12-15(13)19(2)3)20-10-9-18-16(20)17-8-5-11-21-4/h6-7,9-10,12H,5,8,11H2,1-4H3,(H,17,18). The van der Waals surface area contributed by atoms with Crippen LogP contribution in [0.4, 0.5) is 11.6 Å². The third-order valence-corrected chi connectivity index (χ3v) is 3.40. The summed E-state index contributed by atoms with van der Waals surface area (Å²) in [5, 5.41) is 3.35. The van der Waals surface area contributed by atoms with Gasteiger partial charge in [0.1, 0.15) is 0 Å². The van der Waals surface area contributed by atoms with E-state index in [1.165, 1.54) is 11.3 Å². The highest BCUT2D eigenvalue weighted by Crippen LogP contribution is 2.23. The molecule has 0 saturated carbocycles. The Morgan fingerprint density at radius 2 is 2.14 bits per heavy atom. The Hall–Kier alpha value is -2.01. The van der Waals surface area contributed by atoms with Gasteiger partial charge in [0, 0.05) is 52.4 Å². The van der Waals surface area contributed by atoms with Crippen LogP contribution in [0.5, 0.6) is 0 Å². The first-order valence-corrected chi connectivity index (χ1v) is 7.18. The number of aromatic nitrogens is 2. The van der Waals surface area contributed by atoms with Crippen LogP contribution in [0.15, 0.2) is 30.6 Å². The second-order valence-electron chi connectivity index (χ2n) is 5.26. The maximum absolute atomic E-state index is 5.06. The van der Waals surface area contributed by atoms with E-state index in [0.717, 1.165) is 31.2 Å². The zero-order chi connectivity index (χ0) is 15.2. The van der Waals surface area contributed by atoms with Gasteiger partial charge in [0.2, 0.25) is 5.95 Å². The topological polar surface area (TPSA) is 42.3 Å². The Labute approximate surface area is 126 Å². The summed E-state index contributed by atoms with van der Waals surface area (Å²) in [5.74, 6) is 0.861. The van der Waals surface area contributed by atoms with E-state index in [2.05, 4.69) is 59.0 Å². The van der Waals surface area contributed by atoms with E-state index < -0.39 is 0 Å². The van der Waals surface area contributed by atoms with E-state index in [0.29, 0.717) is 0 Å². The molecule has 0 bridgehead atoms. The van der Waals surface area contributed by atoms with Crippen molar-refractivity contribution in [3.05, 3.63) is 36.2 Å². The first kappa shape index (κ1) is 15.4. The van der Waals surface area contributed by atoms with Gasteiger partial charge >= 0.3 is 0 Å². The van der Waals surface area contributed by atoms with Crippen LogP contribution in [0.2, 0.25) is 0 Å². The Morgan fingerprint density at radius 3 is 2.86 bits per heavy atom. The van der Waals surface area contributed by atoms with Gasteiger partial charge < -0.3 is 15.0 Å². The number of aryl methyl sites for hydroxylation is 1. The zero-order valence-corrected chi connectivity index (χ0v) is 13.3. The molecule has 2 aromatic rings. The number of nitrogens with one attached hydrogen (secondary N) is 1. The summed E-state index contributed by atoms with van der Waals surface area (Å²) < 4.78 is 7.13. The molecule has 0 atom stereocenters. The first-order chi connectivity index (χ1) is 10.1. The van der Waals surface area contributed by atoms with Crippen molar-refractivity contribution in [2.45, 2.75) is 13.3 Å². The molecule has 0 unspecified atom stereocenters. The van der Waals surface area contributed by atoms with Crippen LogP contribution >= 0.6 is 0 Å². The van der Waals surface area contributed by atoms with Crippen LogP contribution < -0.4 is 10.2 Å². The number of methoxy groups -OCH3 is 1. The molecule has 0 radical (unpaired) electrons. The molecule has 114 valence electrons. The molecule has 0 fully saturated rings. The lowest BCUT2D eigenvalue weighted by atomic mass is 10.1. The van der Waals surface area contributed by atoms with Gasteiger partial charge in [-0.2, -0.15) is 0 Å². The second-order valence-corrected chi connectivity index (χ2v) is 5.26. The van der Waals surface area contributed by atoms with Crippen molar-refractivity contribution in [2.75, 3.05) is 44.6 Å². The van der Waals surface area contributed by atoms with Gasteiger partial charge in [-0.3, -0.25) is 4.57 Å². The SMILES string of the molecule is COCCCNc1nccn1-c1ccc(C)c(N(C)C)c1. The maximum Gasteiger partial charge on any atom is 0.207 e. The molecular formula is C16H24N4O. The van der Waals surface area contributed by atoms with Gasteiger partial charge in [-0.05, 0) is 31.0 Å². The Bertz CT molecular complexity index is 577. The molecule has 1 heterocycles. The number of hydrogen-bond acceptors (Lipinski definition) is 4. The molecule has 1 aromatic heterocycles. The predicted octanol–water partition coefficient (Wildman–Crippen LogP) is 2.70. The summed E-state index contributed by atoms with van der Waals surface area (Å²) >= 11 is 0. The number of ether oxygens (including phenoxy) is 1. The van der Waals surface area contributed by atoms with E-state index in [-0.39, 0.29) is 0 Å². The van der Waals surface area contributed by atoms with Gasteiger partial charge in [-0.25, -0.2) is 4.98 Å². The van der Waals surface area contributed by atoms with Crippen LogP contribution in [0.1, 0.15) is 12.0 Å². The quantitative estimate of drug-likeness (QED) is 0.796. The molecule has 0 aliphatic rings. The number of imidazole rings is 1. The minimum atomic E-state index is 0.753. The molecule has 1 N–H and O–H groups in total. The molecule has 0 amide bonds. The monoisotopic (exact) mass is 288 g/mol. The third kappa shape index (κ3) is 3.76. The third-order valence-electron chi connectivity index (χ3n) is 3.40. The van der Waals surface area contributed by atoms with Gasteiger partial charge in [0.25, 0.3) is 0 Å². The van der Waals surface area contributed by atoms with Crippen molar-refractivity contribution in [2.24, 2.45) is 0 Å². The highest BCUT2D eigenvalue weighted by molar-refractivity contribution is 5.59. The molecule has 5 heteroatoms. The van der Waals surface area contributed by atoms with E-state index >= 15 is 0 Å². The summed E-state index contributed by atoms with van der Waals surface area (Å²) in [6, 6.07) is 6.43. The number of nitrogens with zero attached hydrogens (tertiary/aromatic N) is 3. The Balaban J connectivity index is 2.19. The zero-order valence-electron chi connectivity index (χ0n) is 13.3.